The number of aliphatic imine (C=N–C) groups is 2. The van der Waals surface area contributed by atoms with Crippen molar-refractivity contribution >= 4 is 12.6 Å². The fraction of sp³-hybridized carbons (Fsp3) is 0.875. The molecule has 1 fully saturated rings. The summed E-state index contributed by atoms with van der Waals surface area (Å²) < 4.78 is 0. The molecule has 122 valence electrons. The van der Waals surface area contributed by atoms with Gasteiger partial charge in [-0.25, -0.2) is 0 Å². The molecule has 0 amide bonds. The Bertz CT molecular complexity index is 316. The molecule has 0 bridgehead atoms. The highest BCUT2D eigenvalue weighted by Crippen LogP contribution is 2.08. The van der Waals surface area contributed by atoms with Crippen LogP contribution in [0.1, 0.15) is 39.5 Å². The average Bonchev–Trinajstić information content (AvgIpc) is 2.44. The van der Waals surface area contributed by atoms with Crippen LogP contribution in [0.5, 0.6) is 0 Å². The zero-order chi connectivity index (χ0) is 15.5. The van der Waals surface area contributed by atoms with Crippen LogP contribution in [0.15, 0.2) is 9.98 Å². The largest absolute Gasteiger partial charge is 0.387 e. The van der Waals surface area contributed by atoms with Crippen LogP contribution >= 0.6 is 0 Å². The first-order chi connectivity index (χ1) is 10.2. The Morgan fingerprint density at radius 1 is 1.14 bits per heavy atom. The number of nitrogens with zero attached hydrogens (tertiary/aromatic N) is 4. The molecule has 5 heteroatoms. The van der Waals surface area contributed by atoms with Gasteiger partial charge in [0.15, 0.2) is 0 Å². The van der Waals surface area contributed by atoms with Crippen molar-refractivity contribution in [3.05, 3.63) is 0 Å². The van der Waals surface area contributed by atoms with Gasteiger partial charge >= 0.3 is 0 Å². The Morgan fingerprint density at radius 3 is 2.43 bits per heavy atom. The van der Waals surface area contributed by atoms with E-state index in [1.54, 1.807) is 0 Å². The van der Waals surface area contributed by atoms with E-state index in [-0.39, 0.29) is 6.04 Å². The lowest BCUT2D eigenvalue weighted by Gasteiger charge is -2.32. The molecule has 1 aliphatic rings. The second kappa shape index (κ2) is 10.7. The van der Waals surface area contributed by atoms with Crippen LogP contribution in [0.2, 0.25) is 0 Å². The van der Waals surface area contributed by atoms with Crippen molar-refractivity contribution in [3.8, 4) is 0 Å². The third-order valence-corrected chi connectivity index (χ3v) is 4.00. The maximum Gasteiger partial charge on any atom is 0.0958 e. The van der Waals surface area contributed by atoms with Crippen LogP contribution in [0.25, 0.3) is 0 Å². The van der Waals surface area contributed by atoms with Crippen LogP contribution < -0.4 is 5.73 Å². The van der Waals surface area contributed by atoms with Crippen LogP contribution in [-0.2, 0) is 0 Å². The van der Waals surface area contributed by atoms with Gasteiger partial charge in [0.2, 0.25) is 0 Å². The van der Waals surface area contributed by atoms with Crippen LogP contribution in [0.4, 0.5) is 0 Å². The van der Waals surface area contributed by atoms with E-state index in [9.17, 15) is 0 Å². The molecule has 2 N–H and O–H groups in total. The molecule has 1 aliphatic heterocycles. The van der Waals surface area contributed by atoms with E-state index in [1.165, 1.54) is 32.4 Å². The summed E-state index contributed by atoms with van der Waals surface area (Å²) in [5.74, 6) is 0.703. The molecule has 1 saturated heterocycles. The molecular weight excluding hydrogens is 262 g/mol. The normalized spacial score (nSPS) is 20.8. The van der Waals surface area contributed by atoms with E-state index in [2.05, 4.69) is 33.4 Å². The third-order valence-electron chi connectivity index (χ3n) is 4.00. The van der Waals surface area contributed by atoms with E-state index in [4.69, 9.17) is 5.73 Å². The molecule has 0 radical (unpaired) electrons. The average molecular weight is 295 g/mol. The number of nitrogens with two attached hydrogens (primary N) is 1. The standard InChI is InChI=1S/C16H33N5/c1-4-8-20-9-6-7-10-21(12-11-20)14-15(18-3)13-16(17)19-5-2/h15H,3-14H2,1-2H3,(H2,17,19). The Hall–Kier alpha value is -0.940. The molecule has 0 aromatic carbocycles. The van der Waals surface area contributed by atoms with Gasteiger partial charge in [-0.1, -0.05) is 6.92 Å². The van der Waals surface area contributed by atoms with Gasteiger partial charge in [0.25, 0.3) is 0 Å². The van der Waals surface area contributed by atoms with Gasteiger partial charge in [0.1, 0.15) is 0 Å². The summed E-state index contributed by atoms with van der Waals surface area (Å²) in [6.07, 6.45) is 4.53. The maximum atomic E-state index is 5.92. The summed E-state index contributed by atoms with van der Waals surface area (Å²) in [5, 5.41) is 0. The highest BCUT2D eigenvalue weighted by molar-refractivity contribution is 5.81. The van der Waals surface area contributed by atoms with Crippen LogP contribution in [0, 0.1) is 0 Å². The minimum atomic E-state index is 0.166. The molecule has 1 atom stereocenters. The maximum absolute atomic E-state index is 5.92. The predicted octanol–water partition coefficient (Wildman–Crippen LogP) is 1.63. The monoisotopic (exact) mass is 295 g/mol. The fourth-order valence-corrected chi connectivity index (χ4v) is 2.89. The lowest BCUT2D eigenvalue weighted by molar-refractivity contribution is 0.168. The second-order valence-electron chi connectivity index (χ2n) is 5.86. The summed E-state index contributed by atoms with van der Waals surface area (Å²) in [6, 6.07) is 0.166. The van der Waals surface area contributed by atoms with Crippen molar-refractivity contribution in [2.75, 3.05) is 45.8 Å². The Kier molecular flexibility index (Phi) is 9.26. The van der Waals surface area contributed by atoms with Gasteiger partial charge in [-0.2, -0.15) is 0 Å². The van der Waals surface area contributed by atoms with E-state index < -0.39 is 0 Å². The molecule has 1 rings (SSSR count). The van der Waals surface area contributed by atoms with Crippen LogP contribution in [0.3, 0.4) is 0 Å². The van der Waals surface area contributed by atoms with E-state index in [0.717, 1.165) is 39.1 Å². The third kappa shape index (κ3) is 7.58. The second-order valence-corrected chi connectivity index (χ2v) is 5.86. The summed E-state index contributed by atoms with van der Waals surface area (Å²) >= 11 is 0. The molecule has 1 unspecified atom stereocenters. The number of hydrogen-bond donors (Lipinski definition) is 1. The topological polar surface area (TPSA) is 57.2 Å². The number of hydrogen-bond acceptors (Lipinski definition) is 4. The summed E-state index contributed by atoms with van der Waals surface area (Å²) in [4.78, 5) is 13.6. The van der Waals surface area contributed by atoms with Crippen molar-refractivity contribution in [1.82, 2.24) is 9.80 Å². The minimum absolute atomic E-state index is 0.166. The van der Waals surface area contributed by atoms with Gasteiger partial charge in [0.05, 0.1) is 11.9 Å². The SMILES string of the molecule is C=NC(C/C(N)=N\CC)CN1CCCCN(CCC)CC1. The molecule has 0 aromatic rings. The molecule has 0 saturated carbocycles. The van der Waals surface area contributed by atoms with Gasteiger partial charge in [-0.05, 0) is 52.5 Å². The molecule has 1 heterocycles. The quantitative estimate of drug-likeness (QED) is 0.547. The number of amidine groups is 1. The lowest BCUT2D eigenvalue weighted by atomic mass is 10.1. The molecule has 0 aromatic heterocycles. The molecule has 5 nitrogen and oxygen atoms in total. The number of rotatable bonds is 8. The molecule has 21 heavy (non-hydrogen) atoms. The van der Waals surface area contributed by atoms with E-state index >= 15 is 0 Å². The highest BCUT2D eigenvalue weighted by Gasteiger charge is 2.17. The first-order valence-corrected chi connectivity index (χ1v) is 8.38. The van der Waals surface area contributed by atoms with Crippen molar-refractivity contribution in [3.63, 3.8) is 0 Å². The fourth-order valence-electron chi connectivity index (χ4n) is 2.89. The lowest BCUT2D eigenvalue weighted by Crippen LogP contribution is -2.42. The van der Waals surface area contributed by atoms with Crippen molar-refractivity contribution < 1.29 is 0 Å². The highest BCUT2D eigenvalue weighted by atomic mass is 15.2. The van der Waals surface area contributed by atoms with Crippen LogP contribution in [-0.4, -0.2) is 74.2 Å². The molecular formula is C16H33N5. The Labute approximate surface area is 130 Å². The van der Waals surface area contributed by atoms with E-state index in [1.807, 2.05) is 6.92 Å². The first-order valence-electron chi connectivity index (χ1n) is 8.38. The first kappa shape index (κ1) is 18.1. The van der Waals surface area contributed by atoms with Crippen molar-refractivity contribution in [2.45, 2.75) is 45.6 Å². The summed E-state index contributed by atoms with van der Waals surface area (Å²) in [7, 11) is 0. The van der Waals surface area contributed by atoms with Gasteiger partial charge in [0, 0.05) is 32.6 Å². The van der Waals surface area contributed by atoms with Gasteiger partial charge in [-0.3, -0.25) is 14.9 Å². The van der Waals surface area contributed by atoms with Crippen molar-refractivity contribution in [2.24, 2.45) is 15.7 Å². The Morgan fingerprint density at radius 2 is 1.81 bits per heavy atom. The smallest absolute Gasteiger partial charge is 0.0958 e. The van der Waals surface area contributed by atoms with Gasteiger partial charge < -0.3 is 10.6 Å². The summed E-state index contributed by atoms with van der Waals surface area (Å²) in [5.41, 5.74) is 5.92. The zero-order valence-corrected chi connectivity index (χ0v) is 13.9. The van der Waals surface area contributed by atoms with E-state index in [0.29, 0.717) is 5.84 Å². The van der Waals surface area contributed by atoms with Crippen molar-refractivity contribution in [1.29, 1.82) is 0 Å². The Balaban J connectivity index is 2.46. The molecule has 0 aliphatic carbocycles. The predicted molar refractivity (Wildman–Crippen MR) is 92.5 cm³/mol. The summed E-state index contributed by atoms with van der Waals surface area (Å²) in [6.45, 7) is 15.6. The van der Waals surface area contributed by atoms with Gasteiger partial charge in [-0.15, -0.1) is 0 Å². The minimum Gasteiger partial charge on any atom is -0.387 e. The zero-order valence-electron chi connectivity index (χ0n) is 13.9. The molecule has 0 spiro atoms.